The van der Waals surface area contributed by atoms with Crippen LogP contribution >= 0.6 is 15.9 Å². The van der Waals surface area contributed by atoms with Gasteiger partial charge in [0.25, 0.3) is 0 Å². The molecular weight excluding hydrogens is 300 g/mol. The molecule has 96 valence electrons. The van der Waals surface area contributed by atoms with Crippen LogP contribution < -0.4 is 10.5 Å². The maximum Gasteiger partial charge on any atom is 0.0976 e. The lowest BCUT2D eigenvalue weighted by Gasteiger charge is -2.23. The van der Waals surface area contributed by atoms with E-state index in [4.69, 9.17) is 5.73 Å². The summed E-state index contributed by atoms with van der Waals surface area (Å²) in [6.45, 7) is 6.22. The molecule has 0 radical (unpaired) electrons. The van der Waals surface area contributed by atoms with Crippen molar-refractivity contribution < 1.29 is 4.21 Å². The predicted molar refractivity (Wildman–Crippen MR) is 77.0 cm³/mol. The minimum Gasteiger partial charge on any atom is -0.329 e. The summed E-state index contributed by atoms with van der Waals surface area (Å²) in [5, 5.41) is 0. The van der Waals surface area contributed by atoms with Crippen LogP contribution in [-0.4, -0.2) is 15.5 Å². The third-order valence-corrected chi connectivity index (χ3v) is 4.40. The molecule has 5 heteroatoms. The van der Waals surface area contributed by atoms with E-state index < -0.39 is 11.0 Å². The average Bonchev–Trinajstić information content (AvgIpc) is 2.24. The standard InChI is InChI=1S/C12H19BrN2OS/c1-12(2,3)17(16)15-11(8-14)9-5-4-6-10(13)7-9/h4-7,11,15H,8,14H2,1-3H3/t11-,17?/m1/s1. The van der Waals surface area contributed by atoms with E-state index in [1.165, 1.54) is 0 Å². The molecule has 1 aromatic rings. The molecule has 0 saturated carbocycles. The van der Waals surface area contributed by atoms with Gasteiger partial charge in [-0.3, -0.25) is 0 Å². The Bertz CT molecular complexity index is 404. The van der Waals surface area contributed by atoms with Gasteiger partial charge in [-0.05, 0) is 38.5 Å². The summed E-state index contributed by atoms with van der Waals surface area (Å²) in [5.74, 6) is 0. The van der Waals surface area contributed by atoms with Crippen LogP contribution in [0.1, 0.15) is 32.4 Å². The summed E-state index contributed by atoms with van der Waals surface area (Å²) in [5.41, 5.74) is 6.78. The van der Waals surface area contributed by atoms with Gasteiger partial charge in [0.1, 0.15) is 0 Å². The fraction of sp³-hybridized carbons (Fsp3) is 0.500. The highest BCUT2D eigenvalue weighted by atomic mass is 79.9. The van der Waals surface area contributed by atoms with Gasteiger partial charge in [-0.2, -0.15) is 0 Å². The van der Waals surface area contributed by atoms with Gasteiger partial charge in [-0.1, -0.05) is 28.1 Å². The van der Waals surface area contributed by atoms with Crippen molar-refractivity contribution in [1.82, 2.24) is 4.72 Å². The molecule has 0 aliphatic heterocycles. The second-order valence-electron chi connectivity index (χ2n) is 4.84. The van der Waals surface area contributed by atoms with Crippen LogP contribution in [0.3, 0.4) is 0 Å². The second-order valence-corrected chi connectivity index (χ2v) is 7.76. The van der Waals surface area contributed by atoms with E-state index in [9.17, 15) is 4.21 Å². The van der Waals surface area contributed by atoms with Crippen molar-refractivity contribution in [1.29, 1.82) is 0 Å². The first kappa shape index (κ1) is 14.8. The Kier molecular flexibility index (Phi) is 5.31. The van der Waals surface area contributed by atoms with Crippen molar-refractivity contribution >= 4 is 26.9 Å². The number of nitrogens with two attached hydrogens (primary N) is 1. The molecule has 1 aromatic carbocycles. The SMILES string of the molecule is CC(C)(C)S(=O)N[C@H](CN)c1cccc(Br)c1. The zero-order valence-electron chi connectivity index (χ0n) is 10.4. The van der Waals surface area contributed by atoms with Gasteiger partial charge >= 0.3 is 0 Å². The quantitative estimate of drug-likeness (QED) is 0.896. The second kappa shape index (κ2) is 6.09. The van der Waals surface area contributed by atoms with Gasteiger partial charge in [-0.25, -0.2) is 8.93 Å². The Morgan fingerprint density at radius 2 is 2.12 bits per heavy atom. The molecule has 17 heavy (non-hydrogen) atoms. The summed E-state index contributed by atoms with van der Waals surface area (Å²) >= 11 is 3.42. The van der Waals surface area contributed by atoms with Crippen LogP contribution in [0.15, 0.2) is 28.7 Å². The fourth-order valence-corrected chi connectivity index (χ4v) is 2.54. The highest BCUT2D eigenvalue weighted by Gasteiger charge is 2.22. The third kappa shape index (κ3) is 4.50. The third-order valence-electron chi connectivity index (χ3n) is 2.29. The maximum atomic E-state index is 12.0. The number of halogens is 1. The molecular formula is C12H19BrN2OS. The first-order chi connectivity index (χ1) is 7.84. The number of nitrogens with one attached hydrogen (secondary N) is 1. The lowest BCUT2D eigenvalue weighted by Crippen LogP contribution is -2.38. The summed E-state index contributed by atoms with van der Waals surface area (Å²) in [4.78, 5) is 0. The smallest absolute Gasteiger partial charge is 0.0976 e. The Labute approximate surface area is 114 Å². The van der Waals surface area contributed by atoms with Crippen molar-refractivity contribution in [2.45, 2.75) is 31.6 Å². The molecule has 0 spiro atoms. The van der Waals surface area contributed by atoms with E-state index in [0.717, 1.165) is 10.0 Å². The van der Waals surface area contributed by atoms with Gasteiger partial charge in [0.2, 0.25) is 0 Å². The molecule has 1 rings (SSSR count). The Morgan fingerprint density at radius 1 is 1.47 bits per heavy atom. The molecule has 0 saturated heterocycles. The number of rotatable bonds is 4. The van der Waals surface area contributed by atoms with Gasteiger partial charge in [0.15, 0.2) is 0 Å². The molecule has 0 aliphatic carbocycles. The zero-order chi connectivity index (χ0) is 13.1. The fourth-order valence-electron chi connectivity index (χ4n) is 1.28. The molecule has 0 aromatic heterocycles. The highest BCUT2D eigenvalue weighted by molar-refractivity contribution is 9.10. The van der Waals surface area contributed by atoms with Crippen molar-refractivity contribution in [2.24, 2.45) is 5.73 Å². The minimum atomic E-state index is -1.12. The normalized spacial score (nSPS) is 15.6. The Morgan fingerprint density at radius 3 is 2.59 bits per heavy atom. The summed E-state index contributed by atoms with van der Waals surface area (Å²) in [7, 11) is -1.12. The molecule has 0 bridgehead atoms. The molecule has 3 nitrogen and oxygen atoms in total. The molecule has 0 amide bonds. The summed E-state index contributed by atoms with van der Waals surface area (Å²) in [6, 6.07) is 7.79. The van der Waals surface area contributed by atoms with Gasteiger partial charge < -0.3 is 5.73 Å². The van der Waals surface area contributed by atoms with Crippen LogP contribution in [0.2, 0.25) is 0 Å². The molecule has 0 heterocycles. The Hall–Kier alpha value is -0.230. The van der Waals surface area contributed by atoms with E-state index in [0.29, 0.717) is 6.54 Å². The molecule has 0 fully saturated rings. The summed E-state index contributed by atoms with van der Waals surface area (Å²) < 4.78 is 15.8. The summed E-state index contributed by atoms with van der Waals surface area (Å²) in [6.07, 6.45) is 0. The van der Waals surface area contributed by atoms with Gasteiger partial charge in [0.05, 0.1) is 21.8 Å². The van der Waals surface area contributed by atoms with Crippen LogP contribution in [0, 0.1) is 0 Å². The van der Waals surface area contributed by atoms with Crippen molar-refractivity contribution in [2.75, 3.05) is 6.54 Å². The van der Waals surface area contributed by atoms with Gasteiger partial charge in [0, 0.05) is 11.0 Å². The number of hydrogen-bond acceptors (Lipinski definition) is 2. The Balaban J connectivity index is 2.83. The van der Waals surface area contributed by atoms with E-state index in [1.54, 1.807) is 0 Å². The first-order valence-electron chi connectivity index (χ1n) is 5.48. The van der Waals surface area contributed by atoms with Crippen LogP contribution in [0.5, 0.6) is 0 Å². The zero-order valence-corrected chi connectivity index (χ0v) is 12.8. The topological polar surface area (TPSA) is 55.1 Å². The molecule has 2 atom stereocenters. The predicted octanol–water partition coefficient (Wildman–Crippen LogP) is 2.50. The number of benzene rings is 1. The van der Waals surface area contributed by atoms with E-state index in [-0.39, 0.29) is 10.8 Å². The van der Waals surface area contributed by atoms with E-state index in [2.05, 4.69) is 20.7 Å². The average molecular weight is 319 g/mol. The molecule has 0 aliphatic rings. The van der Waals surface area contributed by atoms with E-state index in [1.807, 2.05) is 45.0 Å². The van der Waals surface area contributed by atoms with Crippen LogP contribution in [0.25, 0.3) is 0 Å². The lowest BCUT2D eigenvalue weighted by molar-refractivity contribution is 0.602. The maximum absolute atomic E-state index is 12.0. The molecule has 3 N–H and O–H groups in total. The highest BCUT2D eigenvalue weighted by Crippen LogP contribution is 2.20. The lowest BCUT2D eigenvalue weighted by atomic mass is 10.1. The van der Waals surface area contributed by atoms with Crippen LogP contribution in [-0.2, 0) is 11.0 Å². The minimum absolute atomic E-state index is 0.0902. The monoisotopic (exact) mass is 318 g/mol. The van der Waals surface area contributed by atoms with Crippen molar-refractivity contribution in [3.05, 3.63) is 34.3 Å². The van der Waals surface area contributed by atoms with Crippen LogP contribution in [0.4, 0.5) is 0 Å². The molecule has 1 unspecified atom stereocenters. The van der Waals surface area contributed by atoms with E-state index >= 15 is 0 Å². The largest absolute Gasteiger partial charge is 0.329 e. The van der Waals surface area contributed by atoms with Crippen molar-refractivity contribution in [3.8, 4) is 0 Å². The van der Waals surface area contributed by atoms with Crippen molar-refractivity contribution in [3.63, 3.8) is 0 Å². The first-order valence-corrected chi connectivity index (χ1v) is 7.42. The number of hydrogen-bond donors (Lipinski definition) is 2. The van der Waals surface area contributed by atoms with Gasteiger partial charge in [-0.15, -0.1) is 0 Å².